The largest absolute Gasteiger partial charge is 0.350 e. The molecule has 0 radical (unpaired) electrons. The molecule has 158 valence electrons. The van der Waals surface area contributed by atoms with Crippen LogP contribution in [0.3, 0.4) is 0 Å². The van der Waals surface area contributed by atoms with Crippen LogP contribution in [0.25, 0.3) is 16.5 Å². The monoisotopic (exact) mass is 414 g/mol. The van der Waals surface area contributed by atoms with Crippen molar-refractivity contribution in [2.45, 2.75) is 19.4 Å². The van der Waals surface area contributed by atoms with Gasteiger partial charge in [-0.1, -0.05) is 36.4 Å². The summed E-state index contributed by atoms with van der Waals surface area (Å²) in [7, 11) is 2.17. The quantitative estimate of drug-likeness (QED) is 0.628. The maximum absolute atomic E-state index is 12.8. The van der Waals surface area contributed by atoms with E-state index in [1.54, 1.807) is 0 Å². The van der Waals surface area contributed by atoms with Crippen LogP contribution in [0.2, 0.25) is 0 Å². The maximum atomic E-state index is 12.8. The molecule has 2 N–H and O–H groups in total. The van der Waals surface area contributed by atoms with E-state index < -0.39 is 5.91 Å². The molecule has 5 rings (SSSR count). The van der Waals surface area contributed by atoms with Gasteiger partial charge in [0, 0.05) is 34.9 Å². The fourth-order valence-electron chi connectivity index (χ4n) is 4.62. The number of imide groups is 1. The van der Waals surface area contributed by atoms with Crippen molar-refractivity contribution in [1.82, 2.24) is 14.8 Å². The van der Waals surface area contributed by atoms with Crippen LogP contribution in [0.1, 0.15) is 18.4 Å². The first-order chi connectivity index (χ1) is 15.1. The van der Waals surface area contributed by atoms with Crippen LogP contribution >= 0.6 is 0 Å². The fraction of sp³-hybridized carbons (Fsp3) is 0.280. The average molecular weight is 415 g/mol. The number of carbonyl (C=O) groups is 2. The molecular weight excluding hydrogens is 388 g/mol. The molecule has 31 heavy (non-hydrogen) atoms. The molecule has 0 unspecified atom stereocenters. The van der Waals surface area contributed by atoms with E-state index in [0.717, 1.165) is 41.8 Å². The number of anilines is 1. The van der Waals surface area contributed by atoms with E-state index >= 15 is 0 Å². The Morgan fingerprint density at radius 1 is 0.968 bits per heavy atom. The van der Waals surface area contributed by atoms with E-state index in [4.69, 9.17) is 0 Å². The number of fused-ring (bicyclic) bond motifs is 1. The van der Waals surface area contributed by atoms with Crippen molar-refractivity contribution >= 4 is 34.0 Å². The number of rotatable bonds is 5. The standard InChI is InChI=1S/C25H26N4O2/c1-28-13-11-17(12-14-28)15-29-16-20(19-9-5-6-10-21(19)29)22-23(25(31)27-24(22)30)26-18-7-3-2-4-8-18/h2-10,16-17H,11-15H2,1H3,(H2,26,27,30,31). The van der Waals surface area contributed by atoms with Crippen LogP contribution in [0.5, 0.6) is 0 Å². The van der Waals surface area contributed by atoms with Crippen LogP contribution in [0, 0.1) is 5.92 Å². The van der Waals surface area contributed by atoms with Crippen molar-refractivity contribution < 1.29 is 9.59 Å². The number of likely N-dealkylation sites (tertiary alicyclic amines) is 1. The summed E-state index contributed by atoms with van der Waals surface area (Å²) in [6.07, 6.45) is 4.38. The molecule has 0 bridgehead atoms. The van der Waals surface area contributed by atoms with Gasteiger partial charge in [0.1, 0.15) is 5.70 Å². The summed E-state index contributed by atoms with van der Waals surface area (Å²) in [5.41, 5.74) is 3.38. The maximum Gasteiger partial charge on any atom is 0.275 e. The molecule has 0 spiro atoms. The fourth-order valence-corrected chi connectivity index (χ4v) is 4.62. The highest BCUT2D eigenvalue weighted by atomic mass is 16.2. The number of carbonyl (C=O) groups excluding carboxylic acids is 2. The molecule has 0 atom stereocenters. The second kappa shape index (κ2) is 8.04. The molecule has 3 heterocycles. The minimum absolute atomic E-state index is 0.304. The van der Waals surface area contributed by atoms with Crippen molar-refractivity contribution in [3.63, 3.8) is 0 Å². The Labute approximate surface area is 181 Å². The van der Waals surface area contributed by atoms with Crippen molar-refractivity contribution in [3.8, 4) is 0 Å². The zero-order valence-corrected chi connectivity index (χ0v) is 17.6. The lowest BCUT2D eigenvalue weighted by Crippen LogP contribution is -2.31. The molecule has 2 aliphatic rings. The number of benzene rings is 2. The predicted molar refractivity (Wildman–Crippen MR) is 122 cm³/mol. The Kier molecular flexibility index (Phi) is 5.08. The molecular formula is C25H26N4O2. The molecule has 2 aromatic carbocycles. The number of hydrogen-bond donors (Lipinski definition) is 2. The third-order valence-electron chi connectivity index (χ3n) is 6.33. The molecule has 1 aromatic heterocycles. The Balaban J connectivity index is 1.57. The molecule has 6 heteroatoms. The lowest BCUT2D eigenvalue weighted by atomic mass is 9.97. The van der Waals surface area contributed by atoms with Crippen molar-refractivity contribution in [1.29, 1.82) is 0 Å². The minimum atomic E-state index is -0.393. The SMILES string of the molecule is CN1CCC(Cn2cc(C3=C(Nc4ccccc4)C(=O)NC3=O)c3ccccc32)CC1. The molecule has 0 saturated carbocycles. The third-order valence-corrected chi connectivity index (χ3v) is 6.33. The van der Waals surface area contributed by atoms with Crippen LogP contribution in [-0.4, -0.2) is 41.4 Å². The van der Waals surface area contributed by atoms with Crippen LogP contribution in [-0.2, 0) is 16.1 Å². The molecule has 1 saturated heterocycles. The lowest BCUT2D eigenvalue weighted by Gasteiger charge is -2.29. The second-order valence-electron chi connectivity index (χ2n) is 8.48. The normalized spacial score (nSPS) is 18.1. The number of nitrogens with one attached hydrogen (secondary N) is 2. The first kappa shape index (κ1) is 19.6. The predicted octanol–water partition coefficient (Wildman–Crippen LogP) is 3.46. The topological polar surface area (TPSA) is 66.4 Å². The summed E-state index contributed by atoms with van der Waals surface area (Å²) >= 11 is 0. The van der Waals surface area contributed by atoms with Gasteiger partial charge in [0.25, 0.3) is 11.8 Å². The highest BCUT2D eigenvalue weighted by molar-refractivity contribution is 6.38. The lowest BCUT2D eigenvalue weighted by molar-refractivity contribution is -0.123. The number of piperidine rings is 1. The van der Waals surface area contributed by atoms with Crippen molar-refractivity contribution in [2.75, 3.05) is 25.5 Å². The summed E-state index contributed by atoms with van der Waals surface area (Å²) in [6, 6.07) is 17.6. The summed E-state index contributed by atoms with van der Waals surface area (Å²) in [4.78, 5) is 27.8. The van der Waals surface area contributed by atoms with Crippen LogP contribution in [0.15, 0.2) is 66.5 Å². The average Bonchev–Trinajstić information content (AvgIpc) is 3.27. The minimum Gasteiger partial charge on any atom is -0.350 e. The van der Waals surface area contributed by atoms with E-state index in [9.17, 15) is 9.59 Å². The van der Waals surface area contributed by atoms with Gasteiger partial charge in [-0.15, -0.1) is 0 Å². The van der Waals surface area contributed by atoms with Gasteiger partial charge >= 0.3 is 0 Å². The number of hydrogen-bond acceptors (Lipinski definition) is 4. The van der Waals surface area contributed by atoms with E-state index in [0.29, 0.717) is 17.2 Å². The van der Waals surface area contributed by atoms with Gasteiger partial charge in [-0.2, -0.15) is 0 Å². The Morgan fingerprint density at radius 2 is 1.68 bits per heavy atom. The zero-order chi connectivity index (χ0) is 21.4. The first-order valence-corrected chi connectivity index (χ1v) is 10.8. The smallest absolute Gasteiger partial charge is 0.275 e. The van der Waals surface area contributed by atoms with Gasteiger partial charge in [0.05, 0.1) is 5.57 Å². The highest BCUT2D eigenvalue weighted by Gasteiger charge is 2.33. The van der Waals surface area contributed by atoms with Gasteiger partial charge < -0.3 is 14.8 Å². The van der Waals surface area contributed by atoms with E-state index in [1.165, 1.54) is 12.8 Å². The summed E-state index contributed by atoms with van der Waals surface area (Å²) in [5, 5.41) is 6.62. The van der Waals surface area contributed by atoms with Gasteiger partial charge in [-0.05, 0) is 57.1 Å². The van der Waals surface area contributed by atoms with Crippen LogP contribution < -0.4 is 10.6 Å². The highest BCUT2D eigenvalue weighted by Crippen LogP contribution is 2.33. The Morgan fingerprint density at radius 3 is 2.45 bits per heavy atom. The Hall–Kier alpha value is -3.38. The van der Waals surface area contributed by atoms with Crippen molar-refractivity contribution in [2.24, 2.45) is 5.92 Å². The second-order valence-corrected chi connectivity index (χ2v) is 8.48. The number of para-hydroxylation sites is 2. The number of nitrogens with zero attached hydrogens (tertiary/aromatic N) is 2. The number of aromatic nitrogens is 1. The van der Waals surface area contributed by atoms with Crippen LogP contribution in [0.4, 0.5) is 5.69 Å². The Bertz CT molecular complexity index is 1170. The molecule has 2 aliphatic heterocycles. The van der Waals surface area contributed by atoms with Gasteiger partial charge in [0.2, 0.25) is 0 Å². The summed E-state index contributed by atoms with van der Waals surface area (Å²) < 4.78 is 2.25. The van der Waals surface area contributed by atoms with E-state index in [-0.39, 0.29) is 5.91 Å². The van der Waals surface area contributed by atoms with Gasteiger partial charge in [-0.25, -0.2) is 0 Å². The molecule has 1 fully saturated rings. The zero-order valence-electron chi connectivity index (χ0n) is 17.6. The van der Waals surface area contributed by atoms with Crippen molar-refractivity contribution in [3.05, 3.63) is 72.1 Å². The van der Waals surface area contributed by atoms with E-state index in [1.807, 2.05) is 54.7 Å². The summed E-state index contributed by atoms with van der Waals surface area (Å²) in [6.45, 7) is 3.15. The molecule has 2 amide bonds. The third kappa shape index (κ3) is 3.75. The molecule has 6 nitrogen and oxygen atoms in total. The first-order valence-electron chi connectivity index (χ1n) is 10.8. The van der Waals surface area contributed by atoms with Gasteiger partial charge in [0.15, 0.2) is 0 Å². The van der Waals surface area contributed by atoms with Gasteiger partial charge in [-0.3, -0.25) is 14.9 Å². The number of amides is 2. The summed E-state index contributed by atoms with van der Waals surface area (Å²) in [5.74, 6) is -0.142. The molecule has 3 aromatic rings. The molecule has 0 aliphatic carbocycles. The van der Waals surface area contributed by atoms with E-state index in [2.05, 4.69) is 33.2 Å².